The molecule has 0 atom stereocenters. The normalized spacial score (nSPS) is 12.4. The highest BCUT2D eigenvalue weighted by Gasteiger charge is 2.28. The maximum absolute atomic E-state index is 15.3. The number of rotatable bonds is 3. The average molecular weight is 528 g/mol. The smallest absolute Gasteiger partial charge is 0.216 e. The zero-order chi connectivity index (χ0) is 29.9. The first-order valence-corrected chi connectivity index (χ1v) is 13.3. The number of hydrogen-bond donors (Lipinski definition) is 0. The molecule has 0 saturated carbocycles. The fourth-order valence-electron chi connectivity index (χ4n) is 5.38. The third kappa shape index (κ3) is 4.15. The lowest BCUT2D eigenvalue weighted by Gasteiger charge is -2.19. The van der Waals surface area contributed by atoms with E-state index in [1.807, 2.05) is 94.4 Å². The van der Waals surface area contributed by atoms with Crippen LogP contribution in [-0.2, 0) is 12.5 Å². The van der Waals surface area contributed by atoms with Gasteiger partial charge in [0.25, 0.3) is 0 Å². The van der Waals surface area contributed by atoms with Gasteiger partial charge in [-0.25, -0.2) is 4.39 Å². The number of furan rings is 1. The van der Waals surface area contributed by atoms with E-state index >= 15 is 4.39 Å². The van der Waals surface area contributed by atoms with Crippen LogP contribution in [0, 0.1) is 24.1 Å². The van der Waals surface area contributed by atoms with Crippen molar-refractivity contribution >= 4 is 21.9 Å². The summed E-state index contributed by atoms with van der Waals surface area (Å²) in [5.41, 5.74) is 6.61. The number of pyridine rings is 1. The van der Waals surface area contributed by atoms with Gasteiger partial charge in [-0.15, -0.1) is 0 Å². The van der Waals surface area contributed by atoms with E-state index in [1.165, 1.54) is 4.57 Å². The predicted octanol–water partition coefficient (Wildman–Crippen LogP) is 9.03. The molecule has 196 valence electrons. The van der Waals surface area contributed by atoms with Crippen molar-refractivity contribution in [2.24, 2.45) is 7.05 Å². The van der Waals surface area contributed by atoms with Crippen LogP contribution in [0.4, 0.5) is 4.39 Å². The Hall–Kier alpha value is -4.75. The van der Waals surface area contributed by atoms with Gasteiger partial charge in [-0.1, -0.05) is 93.6 Å². The molecule has 6 rings (SSSR count). The summed E-state index contributed by atoms with van der Waals surface area (Å²) in [4.78, 5) is 0. The molecule has 0 aliphatic carbocycles. The van der Waals surface area contributed by atoms with Crippen molar-refractivity contribution in [2.75, 3.05) is 0 Å². The molecule has 0 radical (unpaired) electrons. The first kappa shape index (κ1) is 23.2. The summed E-state index contributed by atoms with van der Waals surface area (Å²) < 4.78 is 40.9. The average Bonchev–Trinajstić information content (AvgIpc) is 3.35. The van der Waals surface area contributed by atoms with E-state index in [2.05, 4.69) is 18.2 Å². The van der Waals surface area contributed by atoms with E-state index in [9.17, 15) is 5.26 Å². The van der Waals surface area contributed by atoms with Crippen molar-refractivity contribution < 1.29 is 16.1 Å². The number of nitriles is 1. The molecule has 0 unspecified atom stereocenters. The molecule has 4 aromatic carbocycles. The molecule has 0 aliphatic rings. The molecule has 2 aromatic heterocycles. The van der Waals surface area contributed by atoms with Crippen molar-refractivity contribution in [3.63, 3.8) is 0 Å². The molecule has 0 amide bonds. The van der Waals surface area contributed by atoms with E-state index in [4.69, 9.17) is 7.16 Å². The first-order chi connectivity index (χ1) is 20.0. The van der Waals surface area contributed by atoms with E-state index in [0.29, 0.717) is 28.0 Å². The molecule has 0 fully saturated rings. The van der Waals surface area contributed by atoms with Gasteiger partial charge in [0.05, 0.1) is 6.93 Å². The number of benzene rings is 4. The number of aromatic nitrogens is 1. The van der Waals surface area contributed by atoms with Crippen LogP contribution in [0.2, 0.25) is 0 Å². The third-order valence-corrected chi connectivity index (χ3v) is 7.48. The Morgan fingerprint density at radius 3 is 2.15 bits per heavy atom. The van der Waals surface area contributed by atoms with Crippen LogP contribution in [-0.4, -0.2) is 0 Å². The lowest BCUT2D eigenvalue weighted by atomic mass is 9.86. The molecule has 0 aliphatic heterocycles. The van der Waals surface area contributed by atoms with Crippen LogP contribution in [0.5, 0.6) is 0 Å². The number of hydrogen-bond acceptors (Lipinski definition) is 2. The standard InChI is InChI=1S/C36H30FN2O/c1-22-11-16-28-27-18-17-26(25-14-12-24(13-15-25)23-9-7-6-8-10-23)29(20-38)34(27)40-35(28)33(22)32-19-30(36(2,3)4)31(37)21-39(32)5/h6-19,21H,1-5H3/q+1/i19D,21D. The molecule has 40 heavy (non-hydrogen) atoms. The highest BCUT2D eigenvalue weighted by molar-refractivity contribution is 6.12. The van der Waals surface area contributed by atoms with Crippen LogP contribution in [0.1, 0.15) is 40.2 Å². The van der Waals surface area contributed by atoms with Crippen LogP contribution >= 0.6 is 0 Å². The molecular weight excluding hydrogens is 495 g/mol. The minimum Gasteiger partial charge on any atom is -0.454 e. The van der Waals surface area contributed by atoms with Crippen LogP contribution in [0.25, 0.3) is 55.4 Å². The fourth-order valence-corrected chi connectivity index (χ4v) is 5.38. The second kappa shape index (κ2) is 9.47. The van der Waals surface area contributed by atoms with E-state index < -0.39 is 11.2 Å². The SMILES string of the molecule is [2H]c1c(C(C)(C)C)c(F)c([2H])[n+](C)c1-c1c(C)ccc2c1oc1c(C#N)c(-c3ccc(-c4ccccc4)cc3)ccc12. The van der Waals surface area contributed by atoms with Gasteiger partial charge in [0.1, 0.15) is 25.6 Å². The molecule has 4 heteroatoms. The van der Waals surface area contributed by atoms with Gasteiger partial charge in [0, 0.05) is 27.9 Å². The minimum absolute atomic E-state index is 0.0225. The van der Waals surface area contributed by atoms with Crippen molar-refractivity contribution in [2.45, 2.75) is 33.1 Å². The van der Waals surface area contributed by atoms with Crippen LogP contribution in [0.3, 0.4) is 0 Å². The van der Waals surface area contributed by atoms with Crippen molar-refractivity contribution in [1.82, 2.24) is 0 Å². The zero-order valence-electron chi connectivity index (χ0n) is 25.2. The topological polar surface area (TPSA) is 40.8 Å². The lowest BCUT2D eigenvalue weighted by Crippen LogP contribution is -2.33. The zero-order valence-corrected chi connectivity index (χ0v) is 23.2. The van der Waals surface area contributed by atoms with Crippen molar-refractivity contribution in [3.8, 4) is 39.6 Å². The Morgan fingerprint density at radius 1 is 0.850 bits per heavy atom. The number of halogens is 1. The van der Waals surface area contributed by atoms with Crippen molar-refractivity contribution in [1.29, 1.82) is 5.26 Å². The summed E-state index contributed by atoms with van der Waals surface area (Å²) in [6.07, 6.45) is -0.294. The highest BCUT2D eigenvalue weighted by atomic mass is 19.1. The molecule has 0 N–H and O–H groups in total. The Kier molecular flexibility index (Phi) is 5.48. The number of aryl methyl sites for hydroxylation is 1. The summed E-state index contributed by atoms with van der Waals surface area (Å²) in [5, 5.41) is 11.9. The molecule has 2 heterocycles. The fraction of sp³-hybridized carbons (Fsp3) is 0.167. The van der Waals surface area contributed by atoms with Gasteiger partial charge in [-0.05, 0) is 40.7 Å². The van der Waals surface area contributed by atoms with Gasteiger partial charge in [0.2, 0.25) is 11.9 Å². The second-order valence-electron chi connectivity index (χ2n) is 11.2. The summed E-state index contributed by atoms with van der Waals surface area (Å²) in [6.45, 7) is 7.44. The third-order valence-electron chi connectivity index (χ3n) is 7.48. The number of nitrogens with zero attached hydrogens (tertiary/aromatic N) is 2. The quantitative estimate of drug-likeness (QED) is 0.215. The Balaban J connectivity index is 1.60. The first-order valence-electron chi connectivity index (χ1n) is 14.3. The van der Waals surface area contributed by atoms with Gasteiger partial charge in [0.15, 0.2) is 11.4 Å². The van der Waals surface area contributed by atoms with Crippen molar-refractivity contribution in [3.05, 3.63) is 114 Å². The van der Waals surface area contributed by atoms with E-state index in [0.717, 1.165) is 38.6 Å². The summed E-state index contributed by atoms with van der Waals surface area (Å²) in [7, 11) is 1.60. The van der Waals surface area contributed by atoms with Gasteiger partial charge in [-0.3, -0.25) is 0 Å². The van der Waals surface area contributed by atoms with Crippen LogP contribution in [0.15, 0.2) is 95.5 Å². The molecule has 0 saturated heterocycles. The van der Waals surface area contributed by atoms with E-state index in [1.54, 1.807) is 7.05 Å². The lowest BCUT2D eigenvalue weighted by molar-refractivity contribution is -0.662. The van der Waals surface area contributed by atoms with Crippen LogP contribution < -0.4 is 4.57 Å². The molecule has 0 spiro atoms. The summed E-state index contributed by atoms with van der Waals surface area (Å²) >= 11 is 0. The Labute approximate surface area is 236 Å². The minimum atomic E-state index is -0.692. The predicted molar refractivity (Wildman–Crippen MR) is 159 cm³/mol. The number of fused-ring (bicyclic) bond motifs is 3. The highest BCUT2D eigenvalue weighted by Crippen LogP contribution is 2.41. The second-order valence-corrected chi connectivity index (χ2v) is 11.2. The maximum Gasteiger partial charge on any atom is 0.216 e. The summed E-state index contributed by atoms with van der Waals surface area (Å²) in [5.74, 6) is -0.692. The van der Waals surface area contributed by atoms with E-state index in [-0.39, 0.29) is 17.8 Å². The Bertz CT molecular complexity index is 2070. The van der Waals surface area contributed by atoms with Gasteiger partial charge in [-0.2, -0.15) is 9.83 Å². The Morgan fingerprint density at radius 2 is 1.48 bits per heavy atom. The summed E-state index contributed by atoms with van der Waals surface area (Å²) in [6, 6.07) is 28.4. The largest absolute Gasteiger partial charge is 0.454 e. The molecule has 3 nitrogen and oxygen atoms in total. The van der Waals surface area contributed by atoms with Gasteiger partial charge >= 0.3 is 0 Å². The molecule has 0 bridgehead atoms. The maximum atomic E-state index is 15.3. The van der Waals surface area contributed by atoms with Gasteiger partial charge < -0.3 is 4.42 Å². The molecular formula is C36H30FN2O+. The molecule has 6 aromatic rings. The monoisotopic (exact) mass is 527 g/mol.